The molecule has 5 rings (SSSR count). The standard InChI is InChI=1S/C16H17N3O/c1-2-4-11-9(3-1)7-12(11)15-18-16(20-19-15)13-8-10-5-6-14(13)17-10/h1-4,10,12-14,17H,5-8H2. The average molecular weight is 267 g/mol. The lowest BCUT2D eigenvalue weighted by molar-refractivity contribution is 0.325. The van der Waals surface area contributed by atoms with Crippen molar-refractivity contribution in [1.29, 1.82) is 0 Å². The van der Waals surface area contributed by atoms with E-state index >= 15 is 0 Å². The maximum Gasteiger partial charge on any atom is 0.231 e. The maximum absolute atomic E-state index is 5.57. The molecule has 0 radical (unpaired) electrons. The van der Waals surface area contributed by atoms with Crippen LogP contribution in [0.4, 0.5) is 0 Å². The van der Waals surface area contributed by atoms with Crippen LogP contribution in [-0.2, 0) is 6.42 Å². The summed E-state index contributed by atoms with van der Waals surface area (Å²) >= 11 is 0. The van der Waals surface area contributed by atoms with Gasteiger partial charge in [-0.3, -0.25) is 0 Å². The number of aromatic nitrogens is 2. The molecule has 2 fully saturated rings. The molecule has 4 heteroatoms. The summed E-state index contributed by atoms with van der Waals surface area (Å²) < 4.78 is 5.57. The normalized spacial score (nSPS) is 34.0. The van der Waals surface area contributed by atoms with Crippen molar-refractivity contribution in [3.05, 3.63) is 47.1 Å². The van der Waals surface area contributed by atoms with Crippen molar-refractivity contribution in [2.45, 2.75) is 49.6 Å². The van der Waals surface area contributed by atoms with Gasteiger partial charge in [-0.25, -0.2) is 0 Å². The van der Waals surface area contributed by atoms with Crippen LogP contribution >= 0.6 is 0 Å². The van der Waals surface area contributed by atoms with E-state index in [-0.39, 0.29) is 0 Å². The van der Waals surface area contributed by atoms with Gasteiger partial charge >= 0.3 is 0 Å². The van der Waals surface area contributed by atoms with Crippen LogP contribution in [0.2, 0.25) is 0 Å². The van der Waals surface area contributed by atoms with Gasteiger partial charge in [0.05, 0.1) is 11.8 Å². The number of nitrogens with one attached hydrogen (secondary N) is 1. The zero-order chi connectivity index (χ0) is 13.1. The van der Waals surface area contributed by atoms with Gasteiger partial charge in [-0.2, -0.15) is 4.98 Å². The first-order valence-electron chi connectivity index (χ1n) is 7.56. The fourth-order valence-electron chi connectivity index (χ4n) is 4.13. The van der Waals surface area contributed by atoms with Crippen LogP contribution < -0.4 is 5.32 Å². The van der Waals surface area contributed by atoms with E-state index < -0.39 is 0 Å². The van der Waals surface area contributed by atoms with Crippen molar-refractivity contribution >= 4 is 0 Å². The Bertz CT molecular complexity index is 665. The highest BCUT2D eigenvalue weighted by Gasteiger charge is 2.43. The molecule has 1 aromatic heterocycles. The Balaban J connectivity index is 1.42. The Kier molecular flexibility index (Phi) is 2.16. The van der Waals surface area contributed by atoms with Gasteiger partial charge in [-0.05, 0) is 36.8 Å². The fourth-order valence-corrected chi connectivity index (χ4v) is 4.13. The van der Waals surface area contributed by atoms with E-state index in [2.05, 4.69) is 34.7 Å². The van der Waals surface area contributed by atoms with Crippen molar-refractivity contribution in [1.82, 2.24) is 15.5 Å². The summed E-state index contributed by atoms with van der Waals surface area (Å²) in [6.45, 7) is 0. The van der Waals surface area contributed by atoms with Crippen molar-refractivity contribution in [3.8, 4) is 0 Å². The second-order valence-corrected chi connectivity index (χ2v) is 6.34. The molecule has 2 aliphatic heterocycles. The van der Waals surface area contributed by atoms with Gasteiger partial charge in [0.2, 0.25) is 5.89 Å². The summed E-state index contributed by atoms with van der Waals surface area (Å²) in [5, 5.41) is 7.88. The molecule has 2 aromatic rings. The van der Waals surface area contributed by atoms with Gasteiger partial charge in [0.25, 0.3) is 0 Å². The molecule has 1 aliphatic carbocycles. The van der Waals surface area contributed by atoms with Crippen LogP contribution in [0.3, 0.4) is 0 Å². The molecule has 20 heavy (non-hydrogen) atoms. The fraction of sp³-hybridized carbons (Fsp3) is 0.500. The predicted molar refractivity (Wildman–Crippen MR) is 73.6 cm³/mol. The van der Waals surface area contributed by atoms with E-state index in [0.29, 0.717) is 23.9 Å². The number of hydrogen-bond donors (Lipinski definition) is 1. The van der Waals surface area contributed by atoms with Gasteiger partial charge < -0.3 is 9.84 Å². The molecular weight excluding hydrogens is 250 g/mol. The highest BCUT2D eigenvalue weighted by molar-refractivity contribution is 5.43. The van der Waals surface area contributed by atoms with E-state index in [9.17, 15) is 0 Å². The molecule has 4 unspecified atom stereocenters. The van der Waals surface area contributed by atoms with Crippen molar-refractivity contribution in [2.75, 3.05) is 0 Å². The topological polar surface area (TPSA) is 51.0 Å². The molecule has 2 saturated heterocycles. The minimum atomic E-state index is 0.343. The third kappa shape index (κ3) is 1.45. The van der Waals surface area contributed by atoms with Gasteiger partial charge in [0.1, 0.15) is 0 Å². The highest BCUT2D eigenvalue weighted by atomic mass is 16.5. The minimum Gasteiger partial charge on any atom is -0.339 e. The van der Waals surface area contributed by atoms with E-state index in [1.165, 1.54) is 24.0 Å². The van der Waals surface area contributed by atoms with E-state index in [1.54, 1.807) is 0 Å². The Morgan fingerprint density at radius 1 is 1.20 bits per heavy atom. The summed E-state index contributed by atoms with van der Waals surface area (Å²) in [5.74, 6) is 2.51. The predicted octanol–water partition coefficient (Wildman–Crippen LogP) is 2.37. The zero-order valence-corrected chi connectivity index (χ0v) is 11.2. The monoisotopic (exact) mass is 267 g/mol. The lowest BCUT2D eigenvalue weighted by atomic mass is 9.77. The van der Waals surface area contributed by atoms with Crippen LogP contribution in [0.15, 0.2) is 28.8 Å². The SMILES string of the molecule is c1ccc2c(c1)CC2c1noc(C2CC3CCC2N3)n1. The Morgan fingerprint density at radius 2 is 2.15 bits per heavy atom. The summed E-state index contributed by atoms with van der Waals surface area (Å²) in [6.07, 6.45) is 4.76. The van der Waals surface area contributed by atoms with Crippen LogP contribution in [0.25, 0.3) is 0 Å². The Labute approximate surface area is 117 Å². The number of hydrogen-bond acceptors (Lipinski definition) is 4. The van der Waals surface area contributed by atoms with Gasteiger partial charge in [0.15, 0.2) is 5.82 Å². The zero-order valence-electron chi connectivity index (χ0n) is 11.2. The number of rotatable bonds is 2. The van der Waals surface area contributed by atoms with Crippen molar-refractivity contribution < 1.29 is 4.52 Å². The molecular formula is C16H17N3O. The largest absolute Gasteiger partial charge is 0.339 e. The van der Waals surface area contributed by atoms with Crippen LogP contribution in [0.1, 0.15) is 53.9 Å². The minimum absolute atomic E-state index is 0.343. The van der Waals surface area contributed by atoms with E-state index in [0.717, 1.165) is 24.6 Å². The smallest absolute Gasteiger partial charge is 0.231 e. The van der Waals surface area contributed by atoms with Crippen molar-refractivity contribution in [2.24, 2.45) is 0 Å². The molecule has 3 heterocycles. The van der Waals surface area contributed by atoms with Crippen LogP contribution in [-0.4, -0.2) is 22.2 Å². The molecule has 0 amide bonds. The molecule has 1 N–H and O–H groups in total. The summed E-state index contributed by atoms with van der Waals surface area (Å²) in [4.78, 5) is 4.71. The summed E-state index contributed by atoms with van der Waals surface area (Å²) in [7, 11) is 0. The highest BCUT2D eigenvalue weighted by Crippen LogP contribution is 2.42. The molecule has 4 atom stereocenters. The van der Waals surface area contributed by atoms with Crippen LogP contribution in [0.5, 0.6) is 0 Å². The molecule has 0 spiro atoms. The van der Waals surface area contributed by atoms with E-state index in [1.807, 2.05) is 0 Å². The lowest BCUT2D eigenvalue weighted by Gasteiger charge is -2.27. The second kappa shape index (κ2) is 3.92. The Morgan fingerprint density at radius 3 is 2.95 bits per heavy atom. The van der Waals surface area contributed by atoms with E-state index in [4.69, 9.17) is 9.51 Å². The second-order valence-electron chi connectivity index (χ2n) is 6.34. The third-order valence-corrected chi connectivity index (χ3v) is 5.24. The first-order chi connectivity index (χ1) is 9.88. The molecule has 2 bridgehead atoms. The van der Waals surface area contributed by atoms with Crippen LogP contribution in [0, 0.1) is 0 Å². The first-order valence-corrected chi connectivity index (χ1v) is 7.56. The molecule has 102 valence electrons. The number of benzene rings is 1. The van der Waals surface area contributed by atoms with Gasteiger partial charge in [0, 0.05) is 12.1 Å². The molecule has 1 aromatic carbocycles. The Hall–Kier alpha value is -1.68. The lowest BCUT2D eigenvalue weighted by Crippen LogP contribution is -2.22. The maximum atomic E-state index is 5.57. The van der Waals surface area contributed by atoms with Crippen molar-refractivity contribution in [3.63, 3.8) is 0 Å². The molecule has 3 aliphatic rings. The number of fused-ring (bicyclic) bond motifs is 3. The van der Waals surface area contributed by atoms with Gasteiger partial charge in [-0.1, -0.05) is 29.4 Å². The third-order valence-electron chi connectivity index (χ3n) is 5.24. The quantitative estimate of drug-likeness (QED) is 0.907. The molecule has 4 nitrogen and oxygen atoms in total. The molecule has 0 saturated carbocycles. The average Bonchev–Trinajstić information content (AvgIpc) is 3.15. The summed E-state index contributed by atoms with van der Waals surface area (Å²) in [5.41, 5.74) is 2.79. The first kappa shape index (κ1) is 11.0. The summed E-state index contributed by atoms with van der Waals surface area (Å²) in [6, 6.07) is 9.78. The number of nitrogens with zero attached hydrogens (tertiary/aromatic N) is 2. The van der Waals surface area contributed by atoms with Gasteiger partial charge in [-0.15, -0.1) is 0 Å².